The van der Waals surface area contributed by atoms with Gasteiger partial charge in [0.2, 0.25) is 17.7 Å². The van der Waals surface area contributed by atoms with Crippen LogP contribution in [-0.4, -0.2) is 49.4 Å². The van der Waals surface area contributed by atoms with Crippen LogP contribution in [0.4, 0.5) is 11.4 Å². The monoisotopic (exact) mass is 433 g/mol. The van der Waals surface area contributed by atoms with Gasteiger partial charge in [-0.1, -0.05) is 18.2 Å². The molecular weight excluding hydrogens is 410 g/mol. The number of benzene rings is 2. The van der Waals surface area contributed by atoms with Gasteiger partial charge < -0.3 is 14.8 Å². The first-order valence-corrected chi connectivity index (χ1v) is 10.8. The minimum absolute atomic E-state index is 0.140. The molecule has 0 aliphatic carbocycles. The molecule has 2 aromatic rings. The molecule has 4 heterocycles. The smallest absolute Gasteiger partial charge is 0.250 e. The number of carbonyl (C=O) groups excluding carboxylic acids is 3. The summed E-state index contributed by atoms with van der Waals surface area (Å²) in [5, 5.41) is 2.98. The number of methoxy groups -OCH3 is 2. The Bertz CT molecular complexity index is 1180. The van der Waals surface area contributed by atoms with Gasteiger partial charge in [0, 0.05) is 23.4 Å². The van der Waals surface area contributed by atoms with E-state index >= 15 is 0 Å². The Balaban J connectivity index is 1.51. The molecule has 0 unspecified atom stereocenters. The lowest BCUT2D eigenvalue weighted by molar-refractivity contribution is -0.135. The Morgan fingerprint density at radius 1 is 1.00 bits per heavy atom. The fourth-order valence-corrected chi connectivity index (χ4v) is 6.38. The maximum absolute atomic E-state index is 13.9. The lowest BCUT2D eigenvalue weighted by atomic mass is 9.75. The Morgan fingerprint density at radius 3 is 2.56 bits per heavy atom. The first-order valence-electron chi connectivity index (χ1n) is 10.8. The number of carbonyl (C=O) groups is 3. The van der Waals surface area contributed by atoms with Gasteiger partial charge in [-0.3, -0.25) is 19.3 Å². The normalized spacial score (nSPS) is 30.5. The van der Waals surface area contributed by atoms with E-state index in [-0.39, 0.29) is 23.8 Å². The summed E-state index contributed by atoms with van der Waals surface area (Å²) in [6, 6.07) is 12.4. The van der Waals surface area contributed by atoms with Crippen molar-refractivity contribution >= 4 is 29.1 Å². The highest BCUT2D eigenvalue weighted by atomic mass is 16.5. The van der Waals surface area contributed by atoms with Crippen molar-refractivity contribution in [1.29, 1.82) is 0 Å². The number of nitrogens with zero attached hydrogens (tertiary/aromatic N) is 2. The van der Waals surface area contributed by atoms with E-state index in [1.165, 1.54) is 19.1 Å². The van der Waals surface area contributed by atoms with Crippen molar-refractivity contribution in [3.63, 3.8) is 0 Å². The number of fused-ring (bicyclic) bond motifs is 7. The third kappa shape index (κ3) is 2.13. The molecule has 3 fully saturated rings. The minimum Gasteiger partial charge on any atom is -0.493 e. The Hall–Kier alpha value is -3.39. The highest BCUT2D eigenvalue weighted by Gasteiger charge is 2.74. The number of hydrogen-bond acceptors (Lipinski definition) is 6. The fraction of sp³-hybridized carbons (Fsp3) is 0.375. The second-order valence-electron chi connectivity index (χ2n) is 8.72. The van der Waals surface area contributed by atoms with Crippen LogP contribution in [-0.2, 0) is 19.9 Å². The van der Waals surface area contributed by atoms with E-state index < -0.39 is 17.4 Å². The zero-order valence-electron chi connectivity index (χ0n) is 17.8. The van der Waals surface area contributed by atoms with E-state index in [0.717, 1.165) is 18.4 Å². The molecule has 8 nitrogen and oxygen atoms in total. The predicted octanol–water partition coefficient (Wildman–Crippen LogP) is 2.13. The van der Waals surface area contributed by atoms with Crippen LogP contribution >= 0.6 is 0 Å². The summed E-state index contributed by atoms with van der Waals surface area (Å²) in [4.78, 5) is 44.6. The van der Waals surface area contributed by atoms with Crippen LogP contribution in [0.5, 0.6) is 11.5 Å². The minimum atomic E-state index is -1.15. The Labute approximate surface area is 185 Å². The molecule has 1 spiro atoms. The summed E-state index contributed by atoms with van der Waals surface area (Å²) in [6.07, 6.45) is 1.68. The van der Waals surface area contributed by atoms with E-state index in [1.807, 2.05) is 24.3 Å². The topological polar surface area (TPSA) is 88.2 Å². The van der Waals surface area contributed by atoms with Gasteiger partial charge in [-0.15, -0.1) is 0 Å². The average molecular weight is 433 g/mol. The number of rotatable bonds is 3. The molecule has 4 aliphatic heterocycles. The van der Waals surface area contributed by atoms with Crippen molar-refractivity contribution < 1.29 is 23.9 Å². The molecule has 0 bridgehead atoms. The van der Waals surface area contributed by atoms with Gasteiger partial charge in [-0.25, -0.2) is 4.90 Å². The molecule has 32 heavy (non-hydrogen) atoms. The zero-order chi connectivity index (χ0) is 22.2. The third-order valence-electron chi connectivity index (χ3n) is 7.53. The highest BCUT2D eigenvalue weighted by molar-refractivity contribution is 6.26. The molecule has 1 N–H and O–H groups in total. The van der Waals surface area contributed by atoms with Crippen molar-refractivity contribution in [3.8, 4) is 11.5 Å². The summed E-state index contributed by atoms with van der Waals surface area (Å²) >= 11 is 0. The van der Waals surface area contributed by atoms with Crippen molar-refractivity contribution in [2.45, 2.75) is 24.4 Å². The third-order valence-corrected chi connectivity index (χ3v) is 7.53. The lowest BCUT2D eigenvalue weighted by Crippen LogP contribution is -2.54. The first kappa shape index (κ1) is 19.3. The second kappa shape index (κ2) is 6.56. The number of imide groups is 1. The standard InChI is InChI=1S/C24H23N3O5/c1-31-17-10-9-13(12-18(17)32-2)27-21(28)19-16-8-5-11-26(16)24(20(19)22(27)29)14-6-3-4-7-15(14)25-23(24)30/h3-4,6-7,9-10,12,16,19-20H,5,8,11H2,1-2H3,(H,25,30)/t16-,19+,20+,24-/m0/s1. The molecule has 0 aromatic heterocycles. The maximum atomic E-state index is 13.9. The molecule has 0 saturated carbocycles. The number of para-hydroxylation sites is 1. The van der Waals surface area contributed by atoms with Crippen molar-refractivity contribution in [3.05, 3.63) is 48.0 Å². The van der Waals surface area contributed by atoms with E-state index in [4.69, 9.17) is 9.47 Å². The van der Waals surface area contributed by atoms with Crippen LogP contribution in [0.1, 0.15) is 18.4 Å². The van der Waals surface area contributed by atoms with E-state index in [2.05, 4.69) is 10.2 Å². The Morgan fingerprint density at radius 2 is 1.78 bits per heavy atom. The van der Waals surface area contributed by atoms with Crippen molar-refractivity contribution in [2.24, 2.45) is 11.8 Å². The van der Waals surface area contributed by atoms with E-state index in [9.17, 15) is 14.4 Å². The predicted molar refractivity (Wildman–Crippen MR) is 115 cm³/mol. The summed E-state index contributed by atoms with van der Waals surface area (Å²) in [5.41, 5.74) is 0.785. The van der Waals surface area contributed by atoms with E-state index in [1.54, 1.807) is 18.2 Å². The molecule has 3 amide bonds. The van der Waals surface area contributed by atoms with Crippen molar-refractivity contribution in [1.82, 2.24) is 4.90 Å². The van der Waals surface area contributed by atoms with E-state index in [0.29, 0.717) is 29.4 Å². The van der Waals surface area contributed by atoms with Gasteiger partial charge in [0.25, 0.3) is 0 Å². The molecule has 164 valence electrons. The van der Waals surface area contributed by atoms with Crippen LogP contribution in [0, 0.1) is 11.8 Å². The maximum Gasteiger partial charge on any atom is 0.250 e. The summed E-state index contributed by atoms with van der Waals surface area (Å²) < 4.78 is 10.7. The van der Waals surface area contributed by atoms with Gasteiger partial charge in [0.15, 0.2) is 11.5 Å². The van der Waals surface area contributed by atoms with Gasteiger partial charge in [-0.2, -0.15) is 0 Å². The molecule has 3 saturated heterocycles. The lowest BCUT2D eigenvalue weighted by Gasteiger charge is -2.36. The number of amides is 3. The van der Waals surface area contributed by atoms with Gasteiger partial charge >= 0.3 is 0 Å². The van der Waals surface area contributed by atoms with Crippen LogP contribution in [0.3, 0.4) is 0 Å². The summed E-state index contributed by atoms with van der Waals surface area (Å²) in [6.45, 7) is 0.691. The molecule has 2 aromatic carbocycles. The summed E-state index contributed by atoms with van der Waals surface area (Å²) in [5.74, 6) is -1.19. The van der Waals surface area contributed by atoms with Gasteiger partial charge in [0.1, 0.15) is 5.54 Å². The second-order valence-corrected chi connectivity index (χ2v) is 8.72. The van der Waals surface area contributed by atoms with Crippen LogP contribution < -0.4 is 19.7 Å². The van der Waals surface area contributed by atoms with Crippen LogP contribution in [0.25, 0.3) is 0 Å². The molecule has 0 radical (unpaired) electrons. The Kier molecular flexibility index (Phi) is 3.96. The first-order chi connectivity index (χ1) is 15.5. The molecule has 6 rings (SSSR count). The largest absolute Gasteiger partial charge is 0.493 e. The number of hydrogen-bond donors (Lipinski definition) is 1. The van der Waals surface area contributed by atoms with Gasteiger partial charge in [-0.05, 0) is 37.6 Å². The molecule has 4 aliphatic rings. The van der Waals surface area contributed by atoms with Gasteiger partial charge in [0.05, 0.1) is 31.7 Å². The van der Waals surface area contributed by atoms with Crippen molar-refractivity contribution in [2.75, 3.05) is 31.0 Å². The quantitative estimate of drug-likeness (QED) is 0.747. The SMILES string of the molecule is COc1ccc(N2C(=O)[C@@H]3[C@@H]4CCCN4[C@]4(C(=O)Nc5ccccc54)[C@H]3C2=O)cc1OC. The number of anilines is 2. The zero-order valence-corrected chi connectivity index (χ0v) is 17.8. The number of nitrogens with one attached hydrogen (secondary N) is 1. The number of ether oxygens (including phenoxy) is 2. The average Bonchev–Trinajstić information content (AvgIpc) is 3.51. The van der Waals surface area contributed by atoms with Crippen LogP contribution in [0.15, 0.2) is 42.5 Å². The van der Waals surface area contributed by atoms with Crippen LogP contribution in [0.2, 0.25) is 0 Å². The molecule has 4 atom stereocenters. The molecule has 8 heteroatoms. The summed E-state index contributed by atoms with van der Waals surface area (Å²) in [7, 11) is 3.04. The molecular formula is C24H23N3O5. The fourth-order valence-electron chi connectivity index (χ4n) is 6.38. The highest BCUT2D eigenvalue weighted by Crippen LogP contribution is 2.60.